The molecule has 0 unspecified atom stereocenters. The van der Waals surface area contributed by atoms with Crippen molar-refractivity contribution in [1.82, 2.24) is 15.2 Å². The maximum Gasteiger partial charge on any atom is 0.274 e. The number of ether oxygens (including phenoxy) is 2. The summed E-state index contributed by atoms with van der Waals surface area (Å²) in [7, 11) is 0. The number of H-pyrrole nitrogens is 2. The van der Waals surface area contributed by atoms with Gasteiger partial charge in [-0.05, 0) is 35.9 Å². The molecule has 0 atom stereocenters. The summed E-state index contributed by atoms with van der Waals surface area (Å²) in [5.74, 6) is 1.37. The van der Waals surface area contributed by atoms with E-state index in [1.807, 2.05) is 48.5 Å². The summed E-state index contributed by atoms with van der Waals surface area (Å²) in [5, 5.41) is 6.00. The molecular weight excluding hydrogens is 398 g/mol. The first-order chi connectivity index (χ1) is 12.7. The third-order valence-corrected chi connectivity index (χ3v) is 4.89. The summed E-state index contributed by atoms with van der Waals surface area (Å²) in [4.78, 5) is 16.9. The minimum Gasteiger partial charge on any atom is -0.454 e. The Balaban J connectivity index is 1.76. The Bertz CT molecular complexity index is 1200. The number of fused-ring (bicyclic) bond motifs is 2. The van der Waals surface area contributed by atoms with Crippen LogP contribution in [-0.2, 0) is 0 Å². The lowest BCUT2D eigenvalue weighted by molar-refractivity contribution is 0.174. The normalized spacial score (nSPS) is 12.7. The molecule has 26 heavy (non-hydrogen) atoms. The highest BCUT2D eigenvalue weighted by molar-refractivity contribution is 9.10. The van der Waals surface area contributed by atoms with E-state index >= 15 is 0 Å². The molecule has 0 aliphatic carbocycles. The monoisotopic (exact) mass is 409 g/mol. The quantitative estimate of drug-likeness (QED) is 0.522. The average molecular weight is 410 g/mol. The van der Waals surface area contributed by atoms with Crippen molar-refractivity contribution in [3.8, 4) is 33.9 Å². The third-order valence-electron chi connectivity index (χ3n) is 4.36. The molecule has 1 aliphatic heterocycles. The fraction of sp³-hybridized carbons (Fsp3) is 0.0526. The summed E-state index contributed by atoms with van der Waals surface area (Å²) in [6.07, 6.45) is 0. The first kappa shape index (κ1) is 15.2. The van der Waals surface area contributed by atoms with Crippen LogP contribution in [0.25, 0.3) is 33.4 Å². The van der Waals surface area contributed by atoms with Crippen LogP contribution < -0.4 is 15.0 Å². The predicted octanol–water partition coefficient (Wildman–Crippen LogP) is 4.08. The lowest BCUT2D eigenvalue weighted by atomic mass is 10.00. The lowest BCUT2D eigenvalue weighted by Crippen LogP contribution is -2.00. The van der Waals surface area contributed by atoms with Crippen molar-refractivity contribution in [3.63, 3.8) is 0 Å². The molecule has 4 aromatic rings. The highest BCUT2D eigenvalue weighted by atomic mass is 79.9. The third kappa shape index (κ3) is 2.40. The standard InChI is InChI=1S/C19H12BrN3O3/c20-12-4-1-10(2-5-12)14-8-13(17-18(21-14)22-23-19(17)24)11-3-6-15-16(7-11)26-9-25-15/h1-8H,9H2,(H2,21,22,23,24). The summed E-state index contributed by atoms with van der Waals surface area (Å²) in [5.41, 5.74) is 3.69. The van der Waals surface area contributed by atoms with Crippen LogP contribution in [-0.4, -0.2) is 22.0 Å². The molecule has 5 rings (SSSR count). The number of aromatic nitrogens is 3. The van der Waals surface area contributed by atoms with Crippen molar-refractivity contribution < 1.29 is 9.47 Å². The minimum absolute atomic E-state index is 0.206. The summed E-state index contributed by atoms with van der Waals surface area (Å²) < 4.78 is 11.8. The molecule has 2 aromatic heterocycles. The molecular formula is C19H12BrN3O3. The number of nitrogens with one attached hydrogen (secondary N) is 2. The molecule has 2 aromatic carbocycles. The Morgan fingerprint density at radius 3 is 2.54 bits per heavy atom. The number of benzene rings is 2. The van der Waals surface area contributed by atoms with Gasteiger partial charge in [-0.1, -0.05) is 34.1 Å². The van der Waals surface area contributed by atoms with Gasteiger partial charge in [0.05, 0.1) is 11.1 Å². The topological polar surface area (TPSA) is 80.0 Å². The smallest absolute Gasteiger partial charge is 0.274 e. The fourth-order valence-electron chi connectivity index (χ4n) is 3.10. The van der Waals surface area contributed by atoms with Crippen LogP contribution in [0, 0.1) is 0 Å². The van der Waals surface area contributed by atoms with Gasteiger partial charge in [-0.2, -0.15) is 0 Å². The Morgan fingerprint density at radius 2 is 1.69 bits per heavy atom. The van der Waals surface area contributed by atoms with E-state index in [4.69, 9.17) is 9.47 Å². The molecule has 0 saturated heterocycles. The molecule has 128 valence electrons. The number of hydrogen-bond donors (Lipinski definition) is 2. The Kier molecular flexibility index (Phi) is 3.36. The van der Waals surface area contributed by atoms with Crippen LogP contribution in [0.15, 0.2) is 57.8 Å². The van der Waals surface area contributed by atoms with Gasteiger partial charge < -0.3 is 9.47 Å². The largest absolute Gasteiger partial charge is 0.454 e. The van der Waals surface area contributed by atoms with Crippen LogP contribution in [0.2, 0.25) is 0 Å². The van der Waals surface area contributed by atoms with E-state index in [1.165, 1.54) is 0 Å². The Labute approximate surface area is 155 Å². The highest BCUT2D eigenvalue weighted by Crippen LogP contribution is 2.38. The second-order valence-electron chi connectivity index (χ2n) is 5.93. The number of rotatable bonds is 2. The molecule has 0 radical (unpaired) electrons. The van der Waals surface area contributed by atoms with Gasteiger partial charge in [-0.3, -0.25) is 15.0 Å². The van der Waals surface area contributed by atoms with Crippen molar-refractivity contribution in [2.75, 3.05) is 6.79 Å². The predicted molar refractivity (Wildman–Crippen MR) is 101 cm³/mol. The van der Waals surface area contributed by atoms with E-state index in [0.29, 0.717) is 22.5 Å². The van der Waals surface area contributed by atoms with Crippen LogP contribution >= 0.6 is 15.9 Å². The summed E-state index contributed by atoms with van der Waals surface area (Å²) in [6, 6.07) is 15.5. The van der Waals surface area contributed by atoms with Gasteiger partial charge in [0.25, 0.3) is 5.56 Å². The second-order valence-corrected chi connectivity index (χ2v) is 6.85. The molecule has 0 fully saturated rings. The van der Waals surface area contributed by atoms with E-state index in [9.17, 15) is 4.79 Å². The highest BCUT2D eigenvalue weighted by Gasteiger charge is 2.18. The number of aromatic amines is 2. The fourth-order valence-corrected chi connectivity index (χ4v) is 3.37. The molecule has 2 N–H and O–H groups in total. The van der Waals surface area contributed by atoms with Gasteiger partial charge in [-0.25, -0.2) is 4.98 Å². The van der Waals surface area contributed by atoms with E-state index in [0.717, 1.165) is 26.9 Å². The van der Waals surface area contributed by atoms with Gasteiger partial charge in [0, 0.05) is 15.6 Å². The zero-order valence-electron chi connectivity index (χ0n) is 13.4. The van der Waals surface area contributed by atoms with Crippen molar-refractivity contribution in [2.24, 2.45) is 0 Å². The van der Waals surface area contributed by atoms with E-state index < -0.39 is 0 Å². The van der Waals surface area contributed by atoms with Crippen molar-refractivity contribution in [2.45, 2.75) is 0 Å². The van der Waals surface area contributed by atoms with Crippen LogP contribution in [0.5, 0.6) is 11.5 Å². The number of pyridine rings is 1. The molecule has 0 bridgehead atoms. The number of nitrogens with zero attached hydrogens (tertiary/aromatic N) is 1. The molecule has 6 nitrogen and oxygen atoms in total. The van der Waals surface area contributed by atoms with Crippen LogP contribution in [0.1, 0.15) is 0 Å². The zero-order chi connectivity index (χ0) is 17.7. The first-order valence-corrected chi connectivity index (χ1v) is 8.76. The average Bonchev–Trinajstić information content (AvgIpc) is 3.28. The van der Waals surface area contributed by atoms with Gasteiger partial charge >= 0.3 is 0 Å². The maximum atomic E-state index is 12.3. The van der Waals surface area contributed by atoms with Gasteiger partial charge in [0.15, 0.2) is 17.1 Å². The van der Waals surface area contributed by atoms with Crippen molar-refractivity contribution >= 4 is 27.0 Å². The first-order valence-electron chi connectivity index (χ1n) is 7.96. The summed E-state index contributed by atoms with van der Waals surface area (Å²) >= 11 is 3.44. The molecule has 0 amide bonds. The van der Waals surface area contributed by atoms with Crippen LogP contribution in [0.4, 0.5) is 0 Å². The zero-order valence-corrected chi connectivity index (χ0v) is 15.0. The Hall–Kier alpha value is -3.06. The van der Waals surface area contributed by atoms with E-state index in [-0.39, 0.29) is 12.4 Å². The summed E-state index contributed by atoms with van der Waals surface area (Å²) in [6.45, 7) is 0.208. The molecule has 7 heteroatoms. The SMILES string of the molecule is O=c1[nH][nH]c2nc(-c3ccc(Br)cc3)cc(-c3ccc4c(c3)OCO4)c12. The Morgan fingerprint density at radius 1 is 0.923 bits per heavy atom. The molecule has 3 heterocycles. The number of halogens is 1. The van der Waals surface area contributed by atoms with Crippen molar-refractivity contribution in [1.29, 1.82) is 0 Å². The maximum absolute atomic E-state index is 12.3. The molecule has 0 saturated carbocycles. The van der Waals surface area contributed by atoms with Gasteiger partial charge in [0.1, 0.15) is 0 Å². The van der Waals surface area contributed by atoms with E-state index in [1.54, 1.807) is 0 Å². The number of hydrogen-bond acceptors (Lipinski definition) is 4. The molecule has 0 spiro atoms. The van der Waals surface area contributed by atoms with Crippen LogP contribution in [0.3, 0.4) is 0 Å². The molecule has 1 aliphatic rings. The van der Waals surface area contributed by atoms with Gasteiger partial charge in [0.2, 0.25) is 6.79 Å². The lowest BCUT2D eigenvalue weighted by Gasteiger charge is -2.08. The minimum atomic E-state index is -0.206. The van der Waals surface area contributed by atoms with Gasteiger partial charge in [-0.15, -0.1) is 0 Å². The second kappa shape index (κ2) is 5.74. The van der Waals surface area contributed by atoms with E-state index in [2.05, 4.69) is 31.1 Å². The van der Waals surface area contributed by atoms with Crippen molar-refractivity contribution in [3.05, 3.63) is 63.4 Å².